The highest BCUT2D eigenvalue weighted by Crippen LogP contribution is 2.36. The van der Waals surface area contributed by atoms with Gasteiger partial charge in [0.25, 0.3) is 5.54 Å². The smallest absolute Gasteiger partial charge is 0.412 e. The number of alkyl carbamates (subject to hydrolysis) is 1. The van der Waals surface area contributed by atoms with E-state index >= 15 is 0 Å². The van der Waals surface area contributed by atoms with Crippen LogP contribution in [0.4, 0.5) is 4.79 Å². The number of nitrogens with one attached hydrogen (secondary N) is 1. The summed E-state index contributed by atoms with van der Waals surface area (Å²) in [6.45, 7) is 0.0865. The minimum atomic E-state index is -0.751. The normalized spacial score (nSPS) is 15.6. The van der Waals surface area contributed by atoms with Crippen molar-refractivity contribution in [3.63, 3.8) is 0 Å². The van der Waals surface area contributed by atoms with Crippen LogP contribution in [0.5, 0.6) is 0 Å². The average molecular weight is 391 g/mol. The van der Waals surface area contributed by atoms with Gasteiger partial charge in [-0.3, -0.25) is 5.32 Å². The van der Waals surface area contributed by atoms with Crippen LogP contribution in [0.3, 0.4) is 0 Å². The Bertz CT molecular complexity index is 711. The molecule has 0 heterocycles. The molecule has 0 aromatic heterocycles. The van der Waals surface area contributed by atoms with Crippen LogP contribution in [0.25, 0.3) is 0 Å². The van der Waals surface area contributed by atoms with Crippen LogP contribution in [0.2, 0.25) is 0 Å². The lowest BCUT2D eigenvalue weighted by atomic mass is 9.92. The van der Waals surface area contributed by atoms with Crippen LogP contribution in [0.15, 0.2) is 42.1 Å². The number of carbonyl (C=O) groups is 2. The van der Waals surface area contributed by atoms with Crippen molar-refractivity contribution in [2.75, 3.05) is 14.2 Å². The van der Waals surface area contributed by atoms with E-state index < -0.39 is 17.6 Å². The van der Waals surface area contributed by atoms with Gasteiger partial charge in [0.15, 0.2) is 7.11 Å². The van der Waals surface area contributed by atoms with Gasteiger partial charge in [-0.15, -0.1) is 0 Å². The molecule has 0 radical (unpaired) electrons. The highest BCUT2D eigenvalue weighted by Gasteiger charge is 2.50. The van der Waals surface area contributed by atoms with Crippen molar-refractivity contribution in [3.8, 4) is 0 Å². The van der Waals surface area contributed by atoms with Crippen molar-refractivity contribution in [1.82, 2.24) is 5.32 Å². The summed E-state index contributed by atoms with van der Waals surface area (Å²) in [5.41, 5.74) is 0.225. The molecule has 2 rings (SSSR count). The molecule has 1 fully saturated rings. The predicted molar refractivity (Wildman–Crippen MR) is 101 cm³/mol. The largest absolute Gasteiger partial charge is 0.464 e. The zero-order valence-corrected chi connectivity index (χ0v) is 16.3. The van der Waals surface area contributed by atoms with Crippen LogP contribution in [0.1, 0.15) is 44.1 Å². The van der Waals surface area contributed by atoms with Gasteiger partial charge in [0.05, 0.1) is 12.0 Å². The number of benzene rings is 1. The second-order valence-corrected chi connectivity index (χ2v) is 6.71. The second-order valence-electron chi connectivity index (χ2n) is 6.71. The van der Waals surface area contributed by atoms with Crippen LogP contribution in [-0.4, -0.2) is 36.7 Å². The van der Waals surface area contributed by atoms with E-state index in [2.05, 4.69) is 5.32 Å². The Labute approximate surface area is 164 Å². The first-order valence-electron chi connectivity index (χ1n) is 9.28. The van der Waals surface area contributed by atoms with Gasteiger partial charge in [0.1, 0.15) is 12.3 Å². The molecular weight excluding hydrogens is 364 g/mol. The maximum absolute atomic E-state index is 12.1. The lowest BCUT2D eigenvalue weighted by molar-refractivity contribution is -0.846. The number of hydrogen-bond donors (Lipinski definition) is 1. The Morgan fingerprint density at radius 1 is 1.18 bits per heavy atom. The highest BCUT2D eigenvalue weighted by molar-refractivity contribution is 5.92. The van der Waals surface area contributed by atoms with Gasteiger partial charge in [-0.1, -0.05) is 36.4 Å². The summed E-state index contributed by atoms with van der Waals surface area (Å²) in [6.07, 6.45) is 5.10. The number of allylic oxidation sites excluding steroid dienone is 1. The summed E-state index contributed by atoms with van der Waals surface area (Å²) in [4.78, 5) is 41.6. The van der Waals surface area contributed by atoms with E-state index in [1.54, 1.807) is 6.08 Å². The fourth-order valence-electron chi connectivity index (χ4n) is 3.40. The number of esters is 1. The predicted octanol–water partition coefficient (Wildman–Crippen LogP) is 3.40. The molecule has 0 bridgehead atoms. The standard InChI is InChI=1S/C20H26N2O6/c1-26-18(23)17(21-19(24)28-15-16-9-4-3-5-10-16)11-8-14-20(22(25)27-2)12-6-7-13-20/h3-5,9-11H,6-8,12-15H2,1-2H3/p+1/b17-11+. The number of rotatable bonds is 9. The van der Waals surface area contributed by atoms with Crippen LogP contribution in [-0.2, 0) is 25.7 Å². The second kappa shape index (κ2) is 10.4. The quantitative estimate of drug-likeness (QED) is 0.394. The number of methoxy groups -OCH3 is 1. The Morgan fingerprint density at radius 2 is 1.86 bits per heavy atom. The minimum Gasteiger partial charge on any atom is -0.464 e. The maximum Gasteiger partial charge on any atom is 0.412 e. The van der Waals surface area contributed by atoms with Crippen LogP contribution >= 0.6 is 0 Å². The van der Waals surface area contributed by atoms with E-state index in [1.165, 1.54) is 14.2 Å². The molecule has 0 unspecified atom stereocenters. The molecular formula is C20H27N2O6+. The molecule has 1 aromatic rings. The number of carbonyl (C=O) groups excluding carboxylic acids is 2. The van der Waals surface area contributed by atoms with Crippen molar-refractivity contribution in [2.24, 2.45) is 0 Å². The Morgan fingerprint density at radius 3 is 2.46 bits per heavy atom. The summed E-state index contributed by atoms with van der Waals surface area (Å²) in [7, 11) is 2.59. The zero-order valence-electron chi connectivity index (χ0n) is 16.3. The SMILES string of the molecule is COC(=O)/C(=C\CCC1([N+](=O)OC)CCCC1)NC(=O)OCc1ccccc1. The number of hydrogen-bond acceptors (Lipinski definition) is 6. The minimum absolute atomic E-state index is 0.0106. The molecule has 0 spiro atoms. The third kappa shape index (κ3) is 5.80. The molecule has 1 N–H and O–H groups in total. The van der Waals surface area contributed by atoms with E-state index in [9.17, 15) is 14.5 Å². The summed E-state index contributed by atoms with van der Waals surface area (Å²) in [5, 5.41) is 2.42. The number of nitrogens with zero attached hydrogens (tertiary/aromatic N) is 1. The van der Waals surface area contributed by atoms with Crippen LogP contribution in [0, 0.1) is 4.91 Å². The molecule has 0 atom stereocenters. The van der Waals surface area contributed by atoms with Crippen molar-refractivity contribution < 1.29 is 28.8 Å². The fraction of sp³-hybridized carbons (Fsp3) is 0.500. The van der Waals surface area contributed by atoms with Gasteiger partial charge < -0.3 is 9.47 Å². The summed E-state index contributed by atoms with van der Waals surface area (Å²) in [6, 6.07) is 9.21. The van der Waals surface area contributed by atoms with Crippen LogP contribution < -0.4 is 5.32 Å². The van der Waals surface area contributed by atoms with E-state index in [-0.39, 0.29) is 12.3 Å². The van der Waals surface area contributed by atoms with E-state index in [0.717, 1.165) is 31.2 Å². The molecule has 1 saturated carbocycles. The first-order chi connectivity index (χ1) is 13.5. The molecule has 1 aliphatic rings. The molecule has 0 saturated heterocycles. The van der Waals surface area contributed by atoms with Gasteiger partial charge >= 0.3 is 12.1 Å². The van der Waals surface area contributed by atoms with Gasteiger partial charge in [0.2, 0.25) is 4.92 Å². The van der Waals surface area contributed by atoms with Gasteiger partial charge in [-0.2, -0.15) is 0 Å². The van der Waals surface area contributed by atoms with E-state index in [1.807, 2.05) is 30.3 Å². The van der Waals surface area contributed by atoms with Crippen molar-refractivity contribution >= 4 is 12.1 Å². The Hall–Kier alpha value is -2.90. The van der Waals surface area contributed by atoms with Crippen molar-refractivity contribution in [1.29, 1.82) is 0 Å². The lowest BCUT2D eigenvalue weighted by Gasteiger charge is -2.16. The van der Waals surface area contributed by atoms with Gasteiger partial charge in [0, 0.05) is 19.3 Å². The highest BCUT2D eigenvalue weighted by atomic mass is 16.8. The summed E-state index contributed by atoms with van der Waals surface area (Å²) >= 11 is 0. The molecule has 1 aliphatic carbocycles. The summed E-state index contributed by atoms with van der Waals surface area (Å²) in [5.74, 6) is -0.678. The average Bonchev–Trinajstić information content (AvgIpc) is 3.21. The summed E-state index contributed by atoms with van der Waals surface area (Å²) < 4.78 is 9.85. The monoisotopic (exact) mass is 391 g/mol. The Kier molecular flexibility index (Phi) is 7.98. The molecule has 8 nitrogen and oxygen atoms in total. The molecule has 8 heteroatoms. The van der Waals surface area contributed by atoms with Crippen molar-refractivity contribution in [2.45, 2.75) is 50.7 Å². The molecule has 1 amide bonds. The number of amides is 1. The lowest BCUT2D eigenvalue weighted by Crippen LogP contribution is -2.37. The van der Waals surface area contributed by atoms with Crippen molar-refractivity contribution in [3.05, 3.63) is 52.6 Å². The third-order valence-electron chi connectivity index (χ3n) is 4.90. The first kappa shape index (κ1) is 21.4. The van der Waals surface area contributed by atoms with Gasteiger partial charge in [-0.25, -0.2) is 14.4 Å². The molecule has 1 aromatic carbocycles. The molecule has 28 heavy (non-hydrogen) atoms. The van der Waals surface area contributed by atoms with Gasteiger partial charge in [-0.05, 0) is 24.8 Å². The maximum atomic E-state index is 12.1. The molecule has 0 aliphatic heterocycles. The topological polar surface area (TPSA) is 93.9 Å². The molecule has 152 valence electrons. The van der Waals surface area contributed by atoms with E-state index in [4.69, 9.17) is 14.3 Å². The number of ether oxygens (including phenoxy) is 2. The fourth-order valence-corrected chi connectivity index (χ4v) is 3.40. The first-order valence-corrected chi connectivity index (χ1v) is 9.28. The Balaban J connectivity index is 1.95. The third-order valence-corrected chi connectivity index (χ3v) is 4.90. The zero-order chi connectivity index (χ0) is 20.4. The van der Waals surface area contributed by atoms with E-state index in [0.29, 0.717) is 17.8 Å².